The van der Waals surface area contributed by atoms with Crippen LogP contribution >= 0.6 is 0 Å². The van der Waals surface area contributed by atoms with Crippen LogP contribution in [0, 0.1) is 0 Å². The minimum absolute atomic E-state index is 0.181. The highest BCUT2D eigenvalue weighted by molar-refractivity contribution is 6.23. The Bertz CT molecular complexity index is 969. The second-order valence-corrected chi connectivity index (χ2v) is 7.51. The molecule has 5 atom stereocenters. The number of rotatable bonds is 6. The average molecular weight is 413 g/mol. The number of allylic oxidation sites excluding steroid dienone is 1. The first kappa shape index (κ1) is 20.5. The molecule has 8 heteroatoms. The number of aliphatic hydroxyl groups is 1. The molecule has 0 bridgehead atoms. The lowest BCUT2D eigenvalue weighted by atomic mass is 9.85. The van der Waals surface area contributed by atoms with Crippen LogP contribution in [-0.2, 0) is 23.8 Å². The summed E-state index contributed by atoms with van der Waals surface area (Å²) in [6.07, 6.45) is 1.92. The van der Waals surface area contributed by atoms with Gasteiger partial charge in [-0.05, 0) is 13.3 Å². The maximum Gasteiger partial charge on any atom is 0.278 e. The highest BCUT2D eigenvalue weighted by Crippen LogP contribution is 2.47. The van der Waals surface area contributed by atoms with E-state index in [1.165, 1.54) is 26.2 Å². The lowest BCUT2D eigenvalue weighted by Gasteiger charge is -2.32. The van der Waals surface area contributed by atoms with Gasteiger partial charge in [0.25, 0.3) is 11.5 Å². The number of ketones is 2. The predicted octanol–water partition coefficient (Wildman–Crippen LogP) is 1.05. The quantitative estimate of drug-likeness (QED) is 0.310. The van der Waals surface area contributed by atoms with Crippen LogP contribution in [0.25, 0.3) is 0 Å². The minimum Gasteiger partial charge on any atom is -0.467 e. The summed E-state index contributed by atoms with van der Waals surface area (Å²) < 4.78 is 16.7. The molecule has 0 radical (unpaired) electrons. The van der Waals surface area contributed by atoms with Crippen LogP contribution in [-0.4, -0.2) is 59.3 Å². The van der Waals surface area contributed by atoms with Crippen molar-refractivity contribution in [2.75, 3.05) is 7.11 Å². The number of ether oxygens (including phenoxy) is 3. The third-order valence-electron chi connectivity index (χ3n) is 5.77. The van der Waals surface area contributed by atoms with E-state index in [0.717, 1.165) is 6.42 Å². The van der Waals surface area contributed by atoms with E-state index in [1.54, 1.807) is 18.2 Å². The summed E-state index contributed by atoms with van der Waals surface area (Å²) in [6, 6.07) is 8.07. The first-order chi connectivity index (χ1) is 14.3. The van der Waals surface area contributed by atoms with Gasteiger partial charge in [-0.3, -0.25) is 14.4 Å². The normalized spacial score (nSPS) is 35.3. The van der Waals surface area contributed by atoms with Crippen molar-refractivity contribution in [2.24, 2.45) is 0 Å². The predicted molar refractivity (Wildman–Crippen MR) is 104 cm³/mol. The molecule has 0 aliphatic carbocycles. The van der Waals surface area contributed by atoms with Gasteiger partial charge < -0.3 is 24.6 Å². The largest absolute Gasteiger partial charge is 0.467 e. The number of aliphatic hydroxyl groups excluding tert-OH is 1. The van der Waals surface area contributed by atoms with Gasteiger partial charge in [0.05, 0.1) is 0 Å². The number of methoxy groups -OCH3 is 1. The Labute approximate surface area is 173 Å². The number of nitrogens with one attached hydrogen (secondary N) is 1. The molecule has 0 aromatic heterocycles. The van der Waals surface area contributed by atoms with E-state index >= 15 is 0 Å². The van der Waals surface area contributed by atoms with Crippen molar-refractivity contribution >= 4 is 17.5 Å². The lowest BCUT2D eigenvalue weighted by Crippen LogP contribution is -2.60. The third-order valence-corrected chi connectivity index (χ3v) is 5.77. The van der Waals surface area contributed by atoms with Gasteiger partial charge >= 0.3 is 0 Å². The molecule has 0 unspecified atom stereocenters. The number of carbonyl (C=O) groups is 3. The Hall–Kier alpha value is -2.81. The Balaban J connectivity index is 1.67. The molecular weight excluding hydrogens is 390 g/mol. The molecule has 8 nitrogen and oxygen atoms in total. The molecule has 2 fully saturated rings. The Morgan fingerprint density at radius 3 is 2.63 bits per heavy atom. The lowest BCUT2D eigenvalue weighted by molar-refractivity contribution is -0.160. The molecule has 158 valence electrons. The molecule has 1 amide bonds. The number of hydrogen-bond acceptors (Lipinski definition) is 7. The summed E-state index contributed by atoms with van der Waals surface area (Å²) >= 11 is 0. The fourth-order valence-electron chi connectivity index (χ4n) is 4.02. The fourth-order valence-corrected chi connectivity index (χ4v) is 4.02. The van der Waals surface area contributed by atoms with Gasteiger partial charge in [-0.15, -0.1) is 0 Å². The molecular formula is C22H23NO7. The molecule has 1 aromatic rings. The second kappa shape index (κ2) is 7.16. The van der Waals surface area contributed by atoms with Crippen molar-refractivity contribution in [1.82, 2.24) is 5.32 Å². The standard InChI is InChI=1S/C22H23NO7/c1-4-5-11-14-16(29-14)15-12(2)17(24)21(30-15)19(26)22(28-3,23-20(21)27)18(25)13-9-7-6-8-10-13/h5-11,14,16,19,26H,4H2,1-3H3,(H,23,27)/b11-5-/t14-,16-,19-,21-,22-/m1/s1. The summed E-state index contributed by atoms with van der Waals surface area (Å²) in [4.78, 5) is 39.3. The van der Waals surface area contributed by atoms with Crippen LogP contribution in [0.5, 0.6) is 0 Å². The summed E-state index contributed by atoms with van der Waals surface area (Å²) in [6.45, 7) is 3.50. The zero-order valence-electron chi connectivity index (χ0n) is 16.9. The van der Waals surface area contributed by atoms with Crippen LogP contribution in [0.3, 0.4) is 0 Å². The SMILES string of the molecule is CC/C=C\[C@H]1O[C@H]1C1=C(C)C(=O)[C@]2(O1)C(=O)N[C@@](OC)(C(=O)c1ccccc1)[C@@H]2O. The van der Waals surface area contributed by atoms with Crippen LogP contribution in [0.2, 0.25) is 0 Å². The molecule has 30 heavy (non-hydrogen) atoms. The van der Waals surface area contributed by atoms with Crippen LogP contribution in [0.15, 0.2) is 53.8 Å². The molecule has 3 aliphatic rings. The van der Waals surface area contributed by atoms with Gasteiger partial charge in [-0.25, -0.2) is 0 Å². The Morgan fingerprint density at radius 2 is 2.00 bits per heavy atom. The van der Waals surface area contributed by atoms with Crippen molar-refractivity contribution in [3.05, 3.63) is 59.4 Å². The van der Waals surface area contributed by atoms with Crippen molar-refractivity contribution in [3.63, 3.8) is 0 Å². The smallest absolute Gasteiger partial charge is 0.278 e. The Morgan fingerprint density at radius 1 is 1.30 bits per heavy atom. The Kier molecular flexibility index (Phi) is 4.88. The number of benzene rings is 1. The van der Waals surface area contributed by atoms with Crippen molar-refractivity contribution < 1.29 is 33.7 Å². The van der Waals surface area contributed by atoms with Crippen LogP contribution < -0.4 is 5.32 Å². The summed E-state index contributed by atoms with van der Waals surface area (Å²) in [5.74, 6) is -2.13. The monoisotopic (exact) mass is 413 g/mol. The first-order valence-electron chi connectivity index (χ1n) is 9.75. The highest BCUT2D eigenvalue weighted by atomic mass is 16.6. The van der Waals surface area contributed by atoms with Crippen LogP contribution in [0.1, 0.15) is 30.6 Å². The molecule has 1 aromatic carbocycles. The maximum absolute atomic E-state index is 13.2. The molecule has 4 rings (SSSR count). The summed E-state index contributed by atoms with van der Waals surface area (Å²) in [5, 5.41) is 13.5. The van der Waals surface area contributed by atoms with Crippen molar-refractivity contribution in [2.45, 2.75) is 49.9 Å². The maximum atomic E-state index is 13.2. The average Bonchev–Trinajstić information content (AvgIpc) is 3.44. The van der Waals surface area contributed by atoms with Gasteiger partial charge in [0.15, 0.2) is 6.10 Å². The zero-order chi connectivity index (χ0) is 21.7. The van der Waals surface area contributed by atoms with E-state index in [2.05, 4.69) is 5.32 Å². The fraction of sp³-hybridized carbons (Fsp3) is 0.409. The molecule has 3 heterocycles. The van der Waals surface area contributed by atoms with E-state index in [4.69, 9.17) is 14.2 Å². The number of amides is 1. The van der Waals surface area contributed by atoms with E-state index in [9.17, 15) is 19.5 Å². The number of hydrogen-bond donors (Lipinski definition) is 2. The van der Waals surface area contributed by atoms with Gasteiger partial charge in [0.2, 0.25) is 17.3 Å². The minimum atomic E-state index is -2.30. The van der Waals surface area contributed by atoms with Gasteiger partial charge in [0.1, 0.15) is 18.0 Å². The number of Topliss-reactive ketones (excluding diaryl/α,β-unsaturated/α-hetero) is 2. The van der Waals surface area contributed by atoms with Gasteiger partial charge in [-0.2, -0.15) is 0 Å². The first-order valence-corrected chi connectivity index (χ1v) is 9.75. The van der Waals surface area contributed by atoms with E-state index < -0.39 is 41.0 Å². The van der Waals surface area contributed by atoms with Gasteiger partial charge in [-0.1, -0.05) is 49.4 Å². The van der Waals surface area contributed by atoms with Crippen molar-refractivity contribution in [1.29, 1.82) is 0 Å². The molecule has 1 spiro atoms. The molecule has 0 saturated carbocycles. The molecule has 2 N–H and O–H groups in total. The van der Waals surface area contributed by atoms with E-state index in [1.807, 2.05) is 19.1 Å². The summed E-state index contributed by atoms with van der Waals surface area (Å²) in [7, 11) is 1.18. The van der Waals surface area contributed by atoms with Crippen molar-refractivity contribution in [3.8, 4) is 0 Å². The number of epoxide rings is 1. The topological polar surface area (TPSA) is 114 Å². The third kappa shape index (κ3) is 2.68. The second-order valence-electron chi connectivity index (χ2n) is 7.51. The highest BCUT2D eigenvalue weighted by Gasteiger charge is 2.74. The van der Waals surface area contributed by atoms with E-state index in [-0.39, 0.29) is 23.0 Å². The van der Waals surface area contributed by atoms with Gasteiger partial charge in [0, 0.05) is 18.2 Å². The molecule has 3 aliphatic heterocycles. The van der Waals surface area contributed by atoms with E-state index in [0.29, 0.717) is 0 Å². The number of carbonyl (C=O) groups excluding carboxylic acids is 3. The summed E-state index contributed by atoms with van der Waals surface area (Å²) in [5.41, 5.74) is -4.07. The molecule has 2 saturated heterocycles. The van der Waals surface area contributed by atoms with Crippen LogP contribution in [0.4, 0.5) is 0 Å². The zero-order valence-corrected chi connectivity index (χ0v) is 16.9.